The van der Waals surface area contributed by atoms with Crippen molar-refractivity contribution >= 4 is 28.5 Å². The molecule has 2 heterocycles. The van der Waals surface area contributed by atoms with Gasteiger partial charge in [-0.15, -0.1) is 0 Å². The lowest BCUT2D eigenvalue weighted by atomic mass is 10.1. The Morgan fingerprint density at radius 3 is 2.53 bits per heavy atom. The Labute approximate surface area is 192 Å². The van der Waals surface area contributed by atoms with Crippen molar-refractivity contribution in [2.24, 2.45) is 4.99 Å². The van der Waals surface area contributed by atoms with Crippen molar-refractivity contribution in [2.75, 3.05) is 31.3 Å². The lowest BCUT2D eigenvalue weighted by molar-refractivity contribution is 0.0974. The number of aromatic amines is 1. The van der Waals surface area contributed by atoms with Crippen molar-refractivity contribution in [1.82, 2.24) is 15.3 Å². The molecule has 0 atom stereocenters. The molecule has 3 N–H and O–H groups in total. The van der Waals surface area contributed by atoms with Gasteiger partial charge in [0.1, 0.15) is 23.0 Å². The number of thioether (sulfide) groups is 1. The van der Waals surface area contributed by atoms with Crippen LogP contribution in [0.2, 0.25) is 0 Å². The summed E-state index contributed by atoms with van der Waals surface area (Å²) in [5, 5.41) is 6.96. The van der Waals surface area contributed by atoms with E-state index in [-0.39, 0.29) is 5.91 Å². The Morgan fingerprint density at radius 1 is 1.12 bits per heavy atom. The van der Waals surface area contributed by atoms with Crippen molar-refractivity contribution < 1.29 is 9.53 Å². The number of carbonyl (C=O) groups excluding carboxylic acids is 1. The second kappa shape index (κ2) is 10.4. The molecule has 0 saturated heterocycles. The highest BCUT2D eigenvalue weighted by Gasteiger charge is 2.22. The van der Waals surface area contributed by atoms with Crippen LogP contribution < -0.4 is 15.4 Å². The van der Waals surface area contributed by atoms with Gasteiger partial charge in [-0.2, -0.15) is 0 Å². The first-order valence-electron chi connectivity index (χ1n) is 10.7. The normalized spacial score (nSPS) is 13.0. The van der Waals surface area contributed by atoms with Gasteiger partial charge in [0, 0.05) is 29.1 Å². The number of nitrogens with zero attached hydrogens (tertiary/aromatic N) is 2. The van der Waals surface area contributed by atoms with Crippen LogP contribution in [0.3, 0.4) is 0 Å². The number of aliphatic imine (C=N–C) groups is 1. The van der Waals surface area contributed by atoms with Crippen molar-refractivity contribution in [2.45, 2.75) is 19.8 Å². The molecule has 3 aromatic rings. The molecular formula is C24H27N5O2S. The largest absolute Gasteiger partial charge is 0.497 e. The fourth-order valence-corrected chi connectivity index (χ4v) is 4.08. The molecule has 7 nitrogen and oxygen atoms in total. The average Bonchev–Trinajstić information content (AvgIpc) is 3.50. The highest BCUT2D eigenvalue weighted by Crippen LogP contribution is 2.28. The number of amides is 1. The minimum Gasteiger partial charge on any atom is -0.497 e. The van der Waals surface area contributed by atoms with Gasteiger partial charge in [0.15, 0.2) is 5.17 Å². The zero-order valence-corrected chi connectivity index (χ0v) is 19.1. The third-order valence-corrected chi connectivity index (χ3v) is 6.01. The van der Waals surface area contributed by atoms with Crippen LogP contribution in [0.4, 0.5) is 5.69 Å². The second-order valence-corrected chi connectivity index (χ2v) is 8.47. The molecule has 32 heavy (non-hydrogen) atoms. The fraction of sp³-hybridized carbons (Fsp3) is 0.292. The number of ether oxygens (including phenoxy) is 1. The summed E-state index contributed by atoms with van der Waals surface area (Å²) >= 11 is 1.55. The van der Waals surface area contributed by atoms with E-state index in [0.717, 1.165) is 54.2 Å². The molecule has 0 aliphatic carbocycles. The summed E-state index contributed by atoms with van der Waals surface area (Å²) in [5.41, 5.74) is 3.81. The van der Waals surface area contributed by atoms with Gasteiger partial charge in [0.25, 0.3) is 5.91 Å². The minimum atomic E-state index is -0.249. The molecule has 1 aliphatic heterocycles. The first-order valence-corrected chi connectivity index (χ1v) is 11.7. The molecule has 1 aromatic heterocycles. The van der Waals surface area contributed by atoms with Crippen LogP contribution in [-0.4, -0.2) is 47.0 Å². The summed E-state index contributed by atoms with van der Waals surface area (Å²) in [5.74, 6) is 2.02. The molecule has 0 radical (unpaired) electrons. The molecule has 1 aliphatic rings. The predicted octanol–water partition coefficient (Wildman–Crippen LogP) is 4.80. The number of unbranched alkanes of at least 4 members (excludes halogenated alkanes) is 1. The van der Waals surface area contributed by atoms with Gasteiger partial charge >= 0.3 is 0 Å². The number of methoxy groups -OCH3 is 1. The number of H-pyrrole nitrogens is 1. The lowest BCUT2D eigenvalue weighted by Crippen LogP contribution is -2.28. The van der Waals surface area contributed by atoms with Gasteiger partial charge in [-0.1, -0.05) is 25.1 Å². The molecule has 0 fully saturated rings. The zero-order chi connectivity index (χ0) is 22.3. The van der Waals surface area contributed by atoms with Crippen LogP contribution in [0, 0.1) is 0 Å². The average molecular weight is 450 g/mol. The van der Waals surface area contributed by atoms with Gasteiger partial charge in [0.2, 0.25) is 0 Å². The number of imidazole rings is 1. The smallest absolute Gasteiger partial charge is 0.275 e. The van der Waals surface area contributed by atoms with E-state index in [0.29, 0.717) is 22.4 Å². The highest BCUT2D eigenvalue weighted by atomic mass is 32.2. The molecular weight excluding hydrogens is 422 g/mol. The Balaban J connectivity index is 1.64. The predicted molar refractivity (Wildman–Crippen MR) is 132 cm³/mol. The molecule has 0 saturated carbocycles. The van der Waals surface area contributed by atoms with Crippen LogP contribution in [0.15, 0.2) is 53.5 Å². The number of benzene rings is 2. The van der Waals surface area contributed by atoms with Crippen LogP contribution in [0.25, 0.3) is 22.6 Å². The molecule has 0 unspecified atom stereocenters. The van der Waals surface area contributed by atoms with E-state index in [9.17, 15) is 4.79 Å². The Bertz CT molecular complexity index is 1090. The first kappa shape index (κ1) is 22.0. The van der Waals surface area contributed by atoms with E-state index in [1.54, 1.807) is 18.9 Å². The van der Waals surface area contributed by atoms with E-state index in [1.807, 2.05) is 48.5 Å². The first-order chi connectivity index (χ1) is 15.7. The number of aromatic nitrogens is 2. The monoisotopic (exact) mass is 449 g/mol. The quantitative estimate of drug-likeness (QED) is 0.430. The topological polar surface area (TPSA) is 91.4 Å². The van der Waals surface area contributed by atoms with Gasteiger partial charge in [-0.05, 0) is 55.0 Å². The second-order valence-electron chi connectivity index (χ2n) is 7.38. The number of anilines is 1. The summed E-state index contributed by atoms with van der Waals surface area (Å²) in [6, 6.07) is 15.6. The van der Waals surface area contributed by atoms with E-state index in [1.165, 1.54) is 0 Å². The van der Waals surface area contributed by atoms with E-state index < -0.39 is 0 Å². The number of amidine groups is 1. The number of rotatable bonds is 8. The third kappa shape index (κ3) is 5.13. The highest BCUT2D eigenvalue weighted by molar-refractivity contribution is 8.14. The van der Waals surface area contributed by atoms with Crippen molar-refractivity contribution in [3.05, 3.63) is 54.2 Å². The summed E-state index contributed by atoms with van der Waals surface area (Å²) in [6.07, 6.45) is 2.29. The number of hydrogen-bond donors (Lipinski definition) is 3. The minimum absolute atomic E-state index is 0.249. The Hall–Kier alpha value is -3.26. The van der Waals surface area contributed by atoms with Crippen LogP contribution in [0.1, 0.15) is 30.3 Å². The number of hydrogen-bond acceptors (Lipinski definition) is 6. The fourth-order valence-electron chi connectivity index (χ4n) is 3.36. The molecule has 8 heteroatoms. The maximum absolute atomic E-state index is 13.1. The molecule has 2 aromatic carbocycles. The summed E-state index contributed by atoms with van der Waals surface area (Å²) < 4.78 is 5.26. The number of nitrogens with one attached hydrogen (secondary N) is 3. The lowest BCUT2D eigenvalue weighted by Gasteiger charge is -2.06. The van der Waals surface area contributed by atoms with Crippen molar-refractivity contribution in [3.8, 4) is 28.4 Å². The maximum Gasteiger partial charge on any atom is 0.275 e. The van der Waals surface area contributed by atoms with Crippen LogP contribution in [0.5, 0.6) is 5.75 Å². The number of carbonyl (C=O) groups is 1. The molecule has 1 amide bonds. The van der Waals surface area contributed by atoms with Crippen molar-refractivity contribution in [1.29, 1.82) is 0 Å². The van der Waals surface area contributed by atoms with Gasteiger partial charge in [0.05, 0.1) is 13.7 Å². The maximum atomic E-state index is 13.1. The molecule has 0 spiro atoms. The molecule has 166 valence electrons. The summed E-state index contributed by atoms with van der Waals surface area (Å²) in [6.45, 7) is 3.84. The van der Waals surface area contributed by atoms with E-state index in [2.05, 4.69) is 27.5 Å². The standard InChI is InChI=1S/C24H27N5O2S/c1-3-4-13-25-18-9-5-17(6-10-18)22-27-20(16-7-11-19(31-2)12-8-16)21(28-22)23(30)29-24-26-14-15-32-24/h5-12,25H,3-4,13-15H2,1-2H3,(H,27,28)(H,26,29,30). The third-order valence-electron chi connectivity index (χ3n) is 5.12. The van der Waals surface area contributed by atoms with Gasteiger partial charge in [-0.3, -0.25) is 15.1 Å². The molecule has 0 bridgehead atoms. The summed E-state index contributed by atoms with van der Waals surface area (Å²) in [4.78, 5) is 25.4. The Morgan fingerprint density at radius 2 is 1.88 bits per heavy atom. The molecule has 4 rings (SSSR count). The van der Waals surface area contributed by atoms with E-state index >= 15 is 0 Å². The van der Waals surface area contributed by atoms with Gasteiger partial charge < -0.3 is 15.0 Å². The van der Waals surface area contributed by atoms with Crippen molar-refractivity contribution in [3.63, 3.8) is 0 Å². The van der Waals surface area contributed by atoms with Gasteiger partial charge in [-0.25, -0.2) is 4.98 Å². The van der Waals surface area contributed by atoms with Crippen LogP contribution >= 0.6 is 11.8 Å². The van der Waals surface area contributed by atoms with E-state index in [4.69, 9.17) is 9.72 Å². The zero-order valence-electron chi connectivity index (χ0n) is 18.3. The summed E-state index contributed by atoms with van der Waals surface area (Å²) in [7, 11) is 1.63. The Kier molecular flexibility index (Phi) is 7.11. The van der Waals surface area contributed by atoms with Crippen LogP contribution in [-0.2, 0) is 0 Å². The SMILES string of the molecule is CCCCNc1ccc(-c2nc(-c3ccc(OC)cc3)c(C(=O)NC3=NCCS3)[nH]2)cc1.